The van der Waals surface area contributed by atoms with Crippen LogP contribution in [0.3, 0.4) is 0 Å². The number of carbonyl (C=O) groups excluding carboxylic acids is 2. The van der Waals surface area contributed by atoms with Crippen LogP contribution in [0.1, 0.15) is 31.9 Å². The predicted molar refractivity (Wildman–Crippen MR) is 129 cm³/mol. The van der Waals surface area contributed by atoms with Crippen molar-refractivity contribution >= 4 is 17.7 Å². The van der Waals surface area contributed by atoms with Crippen molar-refractivity contribution in [1.29, 1.82) is 0 Å². The Bertz CT molecular complexity index is 966. The highest BCUT2D eigenvalue weighted by molar-refractivity contribution is 5.85. The van der Waals surface area contributed by atoms with Crippen molar-refractivity contribution in [3.63, 3.8) is 0 Å². The number of carbonyl (C=O) groups is 2. The number of benzene rings is 2. The average molecular weight is 470 g/mol. The number of esters is 1. The SMILES string of the molecule is CCOC(=O)/C=C(C)/C=C/C[C@H](OC(=O)Nc1ccc(OC)cc1)c1ccc(OCCO)cc1. The molecule has 2 N–H and O–H groups in total. The van der Waals surface area contributed by atoms with E-state index in [1.807, 2.05) is 6.08 Å². The fraction of sp³-hybridized carbons (Fsp3) is 0.308. The van der Waals surface area contributed by atoms with Crippen molar-refractivity contribution in [3.8, 4) is 11.5 Å². The molecule has 34 heavy (non-hydrogen) atoms. The maximum absolute atomic E-state index is 12.6. The van der Waals surface area contributed by atoms with E-state index in [0.29, 0.717) is 35.8 Å². The molecule has 0 aromatic heterocycles. The minimum absolute atomic E-state index is 0.0809. The van der Waals surface area contributed by atoms with Crippen LogP contribution in [0.5, 0.6) is 11.5 Å². The second-order valence-corrected chi connectivity index (χ2v) is 7.17. The Hall–Kier alpha value is -3.78. The Morgan fingerprint density at radius 1 is 1.06 bits per heavy atom. The molecule has 8 heteroatoms. The Morgan fingerprint density at radius 3 is 2.35 bits per heavy atom. The van der Waals surface area contributed by atoms with Gasteiger partial charge in [-0.3, -0.25) is 5.32 Å². The number of amides is 1. The van der Waals surface area contributed by atoms with Gasteiger partial charge in [0.05, 0.1) is 20.3 Å². The molecule has 0 saturated carbocycles. The van der Waals surface area contributed by atoms with E-state index in [9.17, 15) is 9.59 Å². The smallest absolute Gasteiger partial charge is 0.412 e. The number of ether oxygens (including phenoxy) is 4. The number of aliphatic hydroxyl groups is 1. The number of anilines is 1. The fourth-order valence-corrected chi connectivity index (χ4v) is 2.94. The van der Waals surface area contributed by atoms with Gasteiger partial charge in [-0.2, -0.15) is 0 Å². The van der Waals surface area contributed by atoms with E-state index in [2.05, 4.69) is 5.32 Å². The molecule has 0 aliphatic heterocycles. The monoisotopic (exact) mass is 469 g/mol. The molecule has 0 heterocycles. The van der Waals surface area contributed by atoms with Gasteiger partial charge in [-0.1, -0.05) is 24.3 Å². The van der Waals surface area contributed by atoms with E-state index in [-0.39, 0.29) is 13.2 Å². The van der Waals surface area contributed by atoms with Crippen LogP contribution in [0.25, 0.3) is 0 Å². The van der Waals surface area contributed by atoms with Crippen LogP contribution < -0.4 is 14.8 Å². The van der Waals surface area contributed by atoms with E-state index in [0.717, 1.165) is 5.56 Å². The third-order valence-electron chi connectivity index (χ3n) is 4.56. The Labute approximate surface area is 199 Å². The molecule has 0 fully saturated rings. The second kappa shape index (κ2) is 14.4. The van der Waals surface area contributed by atoms with Gasteiger partial charge in [0, 0.05) is 18.2 Å². The molecule has 2 aromatic carbocycles. The summed E-state index contributed by atoms with van der Waals surface area (Å²) >= 11 is 0. The molecule has 0 saturated heterocycles. The van der Waals surface area contributed by atoms with Crippen LogP contribution in [-0.2, 0) is 14.3 Å². The van der Waals surface area contributed by atoms with Gasteiger partial charge in [0.15, 0.2) is 0 Å². The third kappa shape index (κ3) is 9.38. The minimum atomic E-state index is -0.608. The van der Waals surface area contributed by atoms with Crippen molar-refractivity contribution < 1.29 is 33.6 Å². The molecule has 0 spiro atoms. The Balaban J connectivity index is 2.11. The Morgan fingerprint density at radius 2 is 1.74 bits per heavy atom. The Kier molecular flexibility index (Phi) is 11.2. The van der Waals surface area contributed by atoms with Crippen LogP contribution in [-0.4, -0.2) is 44.1 Å². The topological polar surface area (TPSA) is 103 Å². The molecule has 0 aliphatic carbocycles. The number of hydrogen-bond acceptors (Lipinski definition) is 7. The first-order valence-corrected chi connectivity index (χ1v) is 10.9. The highest BCUT2D eigenvalue weighted by atomic mass is 16.6. The molecule has 182 valence electrons. The van der Waals surface area contributed by atoms with E-state index in [4.69, 9.17) is 24.1 Å². The summed E-state index contributed by atoms with van der Waals surface area (Å²) in [7, 11) is 1.57. The van der Waals surface area contributed by atoms with Crippen molar-refractivity contribution in [2.45, 2.75) is 26.4 Å². The summed E-state index contributed by atoms with van der Waals surface area (Å²) < 4.78 is 21.1. The zero-order valence-corrected chi connectivity index (χ0v) is 19.7. The molecule has 0 bridgehead atoms. The third-order valence-corrected chi connectivity index (χ3v) is 4.56. The number of hydrogen-bond donors (Lipinski definition) is 2. The lowest BCUT2D eigenvalue weighted by Gasteiger charge is -2.18. The molecule has 0 aliphatic rings. The minimum Gasteiger partial charge on any atom is -0.497 e. The lowest BCUT2D eigenvalue weighted by Crippen LogP contribution is -2.17. The number of nitrogens with one attached hydrogen (secondary N) is 1. The maximum atomic E-state index is 12.6. The number of rotatable bonds is 12. The summed E-state index contributed by atoms with van der Waals surface area (Å²) in [6.07, 6.45) is 4.18. The molecule has 0 unspecified atom stereocenters. The number of aliphatic hydroxyl groups excluding tert-OH is 1. The molecule has 2 rings (SSSR count). The highest BCUT2D eigenvalue weighted by Gasteiger charge is 2.16. The molecular weight excluding hydrogens is 438 g/mol. The van der Waals surface area contributed by atoms with Crippen molar-refractivity contribution in [2.24, 2.45) is 0 Å². The van der Waals surface area contributed by atoms with Gasteiger partial charge in [-0.25, -0.2) is 9.59 Å². The molecule has 1 amide bonds. The van der Waals surface area contributed by atoms with Crippen LogP contribution >= 0.6 is 0 Å². The van der Waals surface area contributed by atoms with Gasteiger partial charge in [0.25, 0.3) is 0 Å². The fourth-order valence-electron chi connectivity index (χ4n) is 2.94. The largest absolute Gasteiger partial charge is 0.497 e. The first-order valence-electron chi connectivity index (χ1n) is 10.9. The lowest BCUT2D eigenvalue weighted by molar-refractivity contribution is -0.137. The molecule has 2 aromatic rings. The van der Waals surface area contributed by atoms with Gasteiger partial charge < -0.3 is 24.1 Å². The summed E-state index contributed by atoms with van der Waals surface area (Å²) in [5.41, 5.74) is 2.05. The highest BCUT2D eigenvalue weighted by Crippen LogP contribution is 2.26. The summed E-state index contributed by atoms with van der Waals surface area (Å²) in [6, 6.07) is 14.0. The lowest BCUT2D eigenvalue weighted by atomic mass is 10.1. The average Bonchev–Trinajstić information content (AvgIpc) is 2.83. The van der Waals surface area contributed by atoms with Gasteiger partial charge >= 0.3 is 12.1 Å². The normalized spacial score (nSPS) is 12.2. The number of methoxy groups -OCH3 is 1. The van der Waals surface area contributed by atoms with Crippen LogP contribution in [0, 0.1) is 0 Å². The second-order valence-electron chi connectivity index (χ2n) is 7.17. The first kappa shape index (κ1) is 26.5. The van der Waals surface area contributed by atoms with Gasteiger partial charge in [0.2, 0.25) is 0 Å². The quantitative estimate of drug-likeness (QED) is 0.261. The van der Waals surface area contributed by atoms with Crippen LogP contribution in [0.4, 0.5) is 10.5 Å². The first-order chi connectivity index (χ1) is 16.4. The van der Waals surface area contributed by atoms with Crippen molar-refractivity contribution in [3.05, 3.63) is 77.9 Å². The van der Waals surface area contributed by atoms with E-state index < -0.39 is 18.2 Å². The van der Waals surface area contributed by atoms with E-state index in [1.165, 1.54) is 6.08 Å². The van der Waals surface area contributed by atoms with Gasteiger partial charge in [0.1, 0.15) is 24.2 Å². The zero-order chi connectivity index (χ0) is 24.8. The maximum Gasteiger partial charge on any atom is 0.412 e. The van der Waals surface area contributed by atoms with Crippen molar-refractivity contribution in [1.82, 2.24) is 0 Å². The van der Waals surface area contributed by atoms with Crippen molar-refractivity contribution in [2.75, 3.05) is 32.2 Å². The molecule has 8 nitrogen and oxygen atoms in total. The summed E-state index contributed by atoms with van der Waals surface area (Å²) in [5, 5.41) is 11.6. The molecular formula is C26H31NO7. The predicted octanol–water partition coefficient (Wildman–Crippen LogP) is 4.81. The summed E-state index contributed by atoms with van der Waals surface area (Å²) in [6.45, 7) is 3.95. The van der Waals surface area contributed by atoms with Gasteiger partial charge in [-0.15, -0.1) is 0 Å². The van der Waals surface area contributed by atoms with Gasteiger partial charge in [-0.05, 0) is 61.4 Å². The van der Waals surface area contributed by atoms with E-state index >= 15 is 0 Å². The zero-order valence-electron chi connectivity index (χ0n) is 19.7. The van der Waals surface area contributed by atoms with Crippen LogP contribution in [0.15, 0.2) is 72.3 Å². The number of allylic oxidation sites excluding steroid dienone is 2. The standard InChI is InChI=1S/C26H31NO7/c1-4-32-25(29)18-19(2)6-5-7-24(20-8-12-23(13-9-20)33-17-16-28)34-26(30)27-21-10-14-22(31-3)15-11-21/h5-6,8-15,18,24,28H,4,7,16-17H2,1-3H3,(H,27,30)/b6-5+,19-18+/t24-/m0/s1. The molecule has 1 atom stereocenters. The molecule has 0 radical (unpaired) electrons. The van der Waals surface area contributed by atoms with E-state index in [1.54, 1.807) is 75.6 Å². The summed E-state index contributed by atoms with van der Waals surface area (Å²) in [5.74, 6) is 0.870. The van der Waals surface area contributed by atoms with Crippen LogP contribution in [0.2, 0.25) is 0 Å². The summed E-state index contributed by atoms with van der Waals surface area (Å²) in [4.78, 5) is 24.2.